The molecule has 1 heterocycles. The number of ether oxygens (including phenoxy) is 1. The van der Waals surface area contributed by atoms with E-state index >= 15 is 0 Å². The third-order valence-electron chi connectivity index (χ3n) is 3.89. The maximum absolute atomic E-state index is 13.2. The van der Waals surface area contributed by atoms with Crippen LogP contribution < -0.4 is 4.74 Å². The zero-order valence-electron chi connectivity index (χ0n) is 11.7. The molecule has 4 heteroatoms. The normalized spacial score (nSPS) is 15.7. The molecular weight excluding hydrogens is 255 g/mol. The highest BCUT2D eigenvalue weighted by Crippen LogP contribution is 2.28. The van der Waals surface area contributed by atoms with Gasteiger partial charge in [0, 0.05) is 12.3 Å². The SMILES string of the molecule is Cc1ccc(F)cc1OCc1ccn(C2CCCC2)n1. The largest absolute Gasteiger partial charge is 0.487 e. The zero-order valence-corrected chi connectivity index (χ0v) is 11.7. The topological polar surface area (TPSA) is 27.1 Å². The Bertz CT molecular complexity index is 588. The summed E-state index contributed by atoms with van der Waals surface area (Å²) in [5.41, 5.74) is 1.82. The van der Waals surface area contributed by atoms with Crippen molar-refractivity contribution < 1.29 is 9.13 Å². The molecule has 0 spiro atoms. The van der Waals surface area contributed by atoms with Crippen molar-refractivity contribution in [1.29, 1.82) is 0 Å². The van der Waals surface area contributed by atoms with Crippen LogP contribution in [0.2, 0.25) is 0 Å². The lowest BCUT2D eigenvalue weighted by molar-refractivity contribution is 0.294. The molecule has 1 aromatic carbocycles. The van der Waals surface area contributed by atoms with Crippen LogP contribution in [-0.2, 0) is 6.61 Å². The van der Waals surface area contributed by atoms with Gasteiger partial charge in [0.05, 0.1) is 11.7 Å². The fraction of sp³-hybridized carbons (Fsp3) is 0.438. The van der Waals surface area contributed by atoms with E-state index in [4.69, 9.17) is 4.74 Å². The number of hydrogen-bond acceptors (Lipinski definition) is 2. The molecule has 2 aromatic rings. The number of rotatable bonds is 4. The van der Waals surface area contributed by atoms with Crippen molar-refractivity contribution >= 4 is 0 Å². The Labute approximate surface area is 118 Å². The number of nitrogens with zero attached hydrogens (tertiary/aromatic N) is 2. The molecule has 0 N–H and O–H groups in total. The van der Waals surface area contributed by atoms with E-state index < -0.39 is 0 Å². The molecule has 0 unspecified atom stereocenters. The summed E-state index contributed by atoms with van der Waals surface area (Å²) in [4.78, 5) is 0. The predicted octanol–water partition coefficient (Wildman–Crippen LogP) is 4.02. The second-order valence-corrected chi connectivity index (χ2v) is 5.42. The van der Waals surface area contributed by atoms with Gasteiger partial charge in [0.15, 0.2) is 0 Å². The van der Waals surface area contributed by atoms with E-state index in [1.807, 2.05) is 23.9 Å². The second kappa shape index (κ2) is 5.65. The van der Waals surface area contributed by atoms with Crippen molar-refractivity contribution in [3.05, 3.63) is 47.5 Å². The van der Waals surface area contributed by atoms with Crippen LogP contribution in [0.15, 0.2) is 30.5 Å². The minimum Gasteiger partial charge on any atom is -0.487 e. The minimum absolute atomic E-state index is 0.276. The summed E-state index contributed by atoms with van der Waals surface area (Å²) in [5, 5.41) is 4.56. The summed E-state index contributed by atoms with van der Waals surface area (Å²) in [5.74, 6) is 0.308. The van der Waals surface area contributed by atoms with Crippen LogP contribution in [0.5, 0.6) is 5.75 Å². The molecule has 0 aliphatic heterocycles. The van der Waals surface area contributed by atoms with Crippen LogP contribution in [0.1, 0.15) is 43.0 Å². The summed E-state index contributed by atoms with van der Waals surface area (Å²) in [7, 11) is 0. The van der Waals surface area contributed by atoms with Crippen molar-refractivity contribution in [3.63, 3.8) is 0 Å². The van der Waals surface area contributed by atoms with E-state index in [0.29, 0.717) is 18.4 Å². The van der Waals surface area contributed by atoms with Crippen molar-refractivity contribution in [2.45, 2.75) is 45.3 Å². The average molecular weight is 274 g/mol. The Hall–Kier alpha value is -1.84. The monoisotopic (exact) mass is 274 g/mol. The van der Waals surface area contributed by atoms with Crippen molar-refractivity contribution in [1.82, 2.24) is 9.78 Å². The van der Waals surface area contributed by atoms with Gasteiger partial charge in [-0.1, -0.05) is 18.9 Å². The molecule has 1 aliphatic carbocycles. The van der Waals surface area contributed by atoms with Crippen LogP contribution in [-0.4, -0.2) is 9.78 Å². The number of halogens is 1. The number of aryl methyl sites for hydroxylation is 1. The highest BCUT2D eigenvalue weighted by atomic mass is 19.1. The van der Waals surface area contributed by atoms with Crippen LogP contribution in [0.3, 0.4) is 0 Å². The molecule has 3 rings (SSSR count). The molecule has 0 bridgehead atoms. The van der Waals surface area contributed by atoms with Crippen molar-refractivity contribution in [2.24, 2.45) is 0 Å². The van der Waals surface area contributed by atoms with Crippen LogP contribution in [0.4, 0.5) is 4.39 Å². The van der Waals surface area contributed by atoms with Crippen LogP contribution in [0, 0.1) is 12.7 Å². The maximum atomic E-state index is 13.2. The predicted molar refractivity (Wildman–Crippen MR) is 75.2 cm³/mol. The highest BCUT2D eigenvalue weighted by Gasteiger charge is 2.17. The van der Waals surface area contributed by atoms with E-state index in [1.54, 1.807) is 6.07 Å². The number of aromatic nitrogens is 2. The molecule has 3 nitrogen and oxygen atoms in total. The molecule has 1 aromatic heterocycles. The Morgan fingerprint density at radius 2 is 2.10 bits per heavy atom. The quantitative estimate of drug-likeness (QED) is 0.841. The lowest BCUT2D eigenvalue weighted by Crippen LogP contribution is -2.06. The molecule has 0 amide bonds. The van der Waals surface area contributed by atoms with E-state index in [0.717, 1.165) is 11.3 Å². The molecule has 20 heavy (non-hydrogen) atoms. The molecular formula is C16H19FN2O. The van der Waals surface area contributed by atoms with E-state index in [2.05, 4.69) is 5.10 Å². The summed E-state index contributed by atoms with van der Waals surface area (Å²) >= 11 is 0. The van der Waals surface area contributed by atoms with E-state index in [1.165, 1.54) is 37.8 Å². The van der Waals surface area contributed by atoms with Gasteiger partial charge in [0.2, 0.25) is 0 Å². The third-order valence-corrected chi connectivity index (χ3v) is 3.89. The Morgan fingerprint density at radius 3 is 2.90 bits per heavy atom. The zero-order chi connectivity index (χ0) is 13.9. The Kier molecular flexibility index (Phi) is 3.72. The summed E-state index contributed by atoms with van der Waals surface area (Å²) in [6.45, 7) is 2.29. The number of benzene rings is 1. The maximum Gasteiger partial charge on any atom is 0.132 e. The Balaban J connectivity index is 1.64. The fourth-order valence-corrected chi connectivity index (χ4v) is 2.71. The molecule has 0 radical (unpaired) electrons. The van der Waals surface area contributed by atoms with Crippen LogP contribution >= 0.6 is 0 Å². The van der Waals surface area contributed by atoms with Gasteiger partial charge >= 0.3 is 0 Å². The Morgan fingerprint density at radius 1 is 1.30 bits per heavy atom. The van der Waals surface area contributed by atoms with E-state index in [-0.39, 0.29) is 5.82 Å². The highest BCUT2D eigenvalue weighted by molar-refractivity contribution is 5.32. The first kappa shape index (κ1) is 13.2. The lowest BCUT2D eigenvalue weighted by Gasteiger charge is -2.10. The minimum atomic E-state index is -0.276. The first-order valence-electron chi connectivity index (χ1n) is 7.15. The lowest BCUT2D eigenvalue weighted by atomic mass is 10.2. The number of hydrogen-bond donors (Lipinski definition) is 0. The average Bonchev–Trinajstić information content (AvgIpc) is 3.09. The van der Waals surface area contributed by atoms with Crippen molar-refractivity contribution in [2.75, 3.05) is 0 Å². The van der Waals surface area contributed by atoms with Gasteiger partial charge in [-0.3, -0.25) is 4.68 Å². The summed E-state index contributed by atoms with van der Waals surface area (Å²) in [6.07, 6.45) is 7.03. The van der Waals surface area contributed by atoms with Gasteiger partial charge in [-0.2, -0.15) is 5.10 Å². The van der Waals surface area contributed by atoms with Gasteiger partial charge in [-0.15, -0.1) is 0 Å². The van der Waals surface area contributed by atoms with E-state index in [9.17, 15) is 4.39 Å². The smallest absolute Gasteiger partial charge is 0.132 e. The first-order chi connectivity index (χ1) is 9.72. The first-order valence-corrected chi connectivity index (χ1v) is 7.15. The van der Waals surface area contributed by atoms with Gasteiger partial charge in [0.1, 0.15) is 18.2 Å². The molecule has 106 valence electrons. The summed E-state index contributed by atoms with van der Waals surface area (Å²) < 4.78 is 20.9. The fourth-order valence-electron chi connectivity index (χ4n) is 2.71. The van der Waals surface area contributed by atoms with Crippen LogP contribution in [0.25, 0.3) is 0 Å². The standard InChI is InChI=1S/C16H19FN2O/c1-12-6-7-13(17)10-16(12)20-11-14-8-9-19(18-14)15-4-2-3-5-15/h6-10,15H,2-5,11H2,1H3. The van der Waals surface area contributed by atoms with Crippen molar-refractivity contribution in [3.8, 4) is 5.75 Å². The molecule has 1 aliphatic rings. The van der Waals surface area contributed by atoms with Gasteiger partial charge in [0.25, 0.3) is 0 Å². The molecule has 1 fully saturated rings. The van der Waals surface area contributed by atoms with Gasteiger partial charge < -0.3 is 4.74 Å². The second-order valence-electron chi connectivity index (χ2n) is 5.42. The molecule has 1 saturated carbocycles. The third kappa shape index (κ3) is 2.84. The summed E-state index contributed by atoms with van der Waals surface area (Å²) in [6, 6.07) is 7.11. The molecule has 0 saturated heterocycles. The molecule has 0 atom stereocenters. The van der Waals surface area contributed by atoms with Gasteiger partial charge in [-0.25, -0.2) is 4.39 Å². The van der Waals surface area contributed by atoms with Gasteiger partial charge in [-0.05, 0) is 37.5 Å².